The van der Waals surface area contributed by atoms with Crippen molar-refractivity contribution in [2.75, 3.05) is 12.0 Å². The molecule has 1 amide bonds. The minimum atomic E-state index is -0.0877. The fourth-order valence-electron chi connectivity index (χ4n) is 2.45. The van der Waals surface area contributed by atoms with E-state index in [0.717, 1.165) is 26.7 Å². The number of aromatic nitrogens is 1. The molecule has 0 aliphatic heterocycles. The van der Waals surface area contributed by atoms with Gasteiger partial charge in [-0.3, -0.25) is 9.69 Å². The highest BCUT2D eigenvalue weighted by Gasteiger charge is 2.22. The average molecular weight is 340 g/mol. The number of thiazole rings is 1. The molecule has 5 heteroatoms. The highest BCUT2D eigenvalue weighted by molar-refractivity contribution is 7.22. The van der Waals surface area contributed by atoms with E-state index in [0.29, 0.717) is 6.54 Å². The van der Waals surface area contributed by atoms with E-state index in [9.17, 15) is 4.79 Å². The number of anilines is 1. The second kappa shape index (κ2) is 7.01. The van der Waals surface area contributed by atoms with Gasteiger partial charge in [0.05, 0.1) is 23.9 Å². The molecule has 2 aromatic carbocycles. The number of methoxy groups -OCH3 is 1. The lowest BCUT2D eigenvalue weighted by molar-refractivity contribution is -0.121. The molecule has 0 atom stereocenters. The topological polar surface area (TPSA) is 42.4 Å². The molecule has 0 N–H and O–H groups in total. The van der Waals surface area contributed by atoms with Gasteiger partial charge >= 0.3 is 0 Å². The quantitative estimate of drug-likeness (QED) is 0.687. The molecule has 24 heavy (non-hydrogen) atoms. The Labute approximate surface area is 145 Å². The Balaban J connectivity index is 1.99. The van der Waals surface area contributed by atoms with Crippen molar-refractivity contribution in [3.8, 4) is 5.75 Å². The van der Waals surface area contributed by atoms with Crippen molar-refractivity contribution >= 4 is 32.6 Å². The van der Waals surface area contributed by atoms with Gasteiger partial charge in [-0.1, -0.05) is 55.5 Å². The molecular weight excluding hydrogens is 320 g/mol. The zero-order valence-electron chi connectivity index (χ0n) is 14.0. The standard InChI is InChI=1S/C19H20N2O2S/c1-13(2)18(22)21(12-14-7-5-4-6-8-14)19-20-16-10-9-15(23-3)11-17(16)24-19/h4-11,13H,12H2,1-3H3. The summed E-state index contributed by atoms with van der Waals surface area (Å²) in [5.74, 6) is 0.780. The van der Waals surface area contributed by atoms with Gasteiger partial charge in [-0.05, 0) is 23.8 Å². The fraction of sp³-hybridized carbons (Fsp3) is 0.263. The smallest absolute Gasteiger partial charge is 0.231 e. The SMILES string of the molecule is COc1ccc2nc(N(Cc3ccccc3)C(=O)C(C)C)sc2c1. The summed E-state index contributed by atoms with van der Waals surface area (Å²) in [6.45, 7) is 4.35. The predicted molar refractivity (Wildman–Crippen MR) is 98.6 cm³/mol. The molecule has 0 unspecified atom stereocenters. The van der Waals surface area contributed by atoms with Crippen LogP contribution in [0, 0.1) is 5.92 Å². The lowest BCUT2D eigenvalue weighted by atomic mass is 10.1. The molecule has 0 aliphatic rings. The summed E-state index contributed by atoms with van der Waals surface area (Å²) in [4.78, 5) is 19.1. The molecule has 0 radical (unpaired) electrons. The highest BCUT2D eigenvalue weighted by Crippen LogP contribution is 2.32. The van der Waals surface area contributed by atoms with Crippen molar-refractivity contribution in [2.24, 2.45) is 5.92 Å². The monoisotopic (exact) mass is 340 g/mol. The molecule has 3 rings (SSSR count). The number of carbonyl (C=O) groups is 1. The average Bonchev–Trinajstić information content (AvgIpc) is 3.02. The van der Waals surface area contributed by atoms with Crippen LogP contribution in [0.2, 0.25) is 0 Å². The summed E-state index contributed by atoms with van der Waals surface area (Å²) in [5, 5.41) is 0.723. The predicted octanol–water partition coefficient (Wildman–Crippen LogP) is 4.49. The van der Waals surface area contributed by atoms with Gasteiger partial charge in [0.2, 0.25) is 5.91 Å². The first kappa shape index (κ1) is 16.5. The summed E-state index contributed by atoms with van der Waals surface area (Å²) in [7, 11) is 1.65. The largest absolute Gasteiger partial charge is 0.497 e. The van der Waals surface area contributed by atoms with Gasteiger partial charge in [-0.15, -0.1) is 0 Å². The van der Waals surface area contributed by atoms with Crippen LogP contribution in [0.4, 0.5) is 5.13 Å². The Morgan fingerprint density at radius 1 is 1.21 bits per heavy atom. The Kier molecular flexibility index (Phi) is 4.81. The van der Waals surface area contributed by atoms with E-state index in [1.54, 1.807) is 12.0 Å². The number of benzene rings is 2. The van der Waals surface area contributed by atoms with Crippen molar-refractivity contribution < 1.29 is 9.53 Å². The Hall–Kier alpha value is -2.40. The lowest BCUT2D eigenvalue weighted by Gasteiger charge is -2.22. The maximum absolute atomic E-state index is 12.7. The van der Waals surface area contributed by atoms with Crippen LogP contribution in [-0.4, -0.2) is 18.0 Å². The first-order valence-corrected chi connectivity index (χ1v) is 8.70. The Morgan fingerprint density at radius 2 is 1.96 bits per heavy atom. The zero-order valence-corrected chi connectivity index (χ0v) is 14.8. The third kappa shape index (κ3) is 3.41. The summed E-state index contributed by atoms with van der Waals surface area (Å²) in [6, 6.07) is 15.8. The van der Waals surface area contributed by atoms with Crippen LogP contribution in [0.25, 0.3) is 10.2 Å². The van der Waals surface area contributed by atoms with E-state index >= 15 is 0 Å². The summed E-state index contributed by atoms with van der Waals surface area (Å²) in [6.07, 6.45) is 0. The second-order valence-corrected chi connectivity index (χ2v) is 6.90. The second-order valence-electron chi connectivity index (χ2n) is 5.89. The maximum atomic E-state index is 12.7. The number of fused-ring (bicyclic) bond motifs is 1. The molecule has 0 spiro atoms. The maximum Gasteiger partial charge on any atom is 0.231 e. The minimum Gasteiger partial charge on any atom is -0.497 e. The van der Waals surface area contributed by atoms with Crippen LogP contribution in [0.1, 0.15) is 19.4 Å². The van der Waals surface area contributed by atoms with Crippen LogP contribution >= 0.6 is 11.3 Å². The Bertz CT molecular complexity index is 843. The number of hydrogen-bond donors (Lipinski definition) is 0. The van der Waals surface area contributed by atoms with Crippen molar-refractivity contribution in [1.29, 1.82) is 0 Å². The first-order valence-electron chi connectivity index (χ1n) is 7.88. The molecule has 124 valence electrons. The van der Waals surface area contributed by atoms with Crippen LogP contribution in [0.3, 0.4) is 0 Å². The molecule has 0 aliphatic carbocycles. The van der Waals surface area contributed by atoms with Gasteiger partial charge in [-0.2, -0.15) is 0 Å². The zero-order chi connectivity index (χ0) is 17.1. The van der Waals surface area contributed by atoms with Crippen molar-refractivity contribution in [1.82, 2.24) is 4.98 Å². The third-order valence-corrected chi connectivity index (χ3v) is 4.80. The van der Waals surface area contributed by atoms with Gasteiger partial charge in [0.25, 0.3) is 0 Å². The number of hydrogen-bond acceptors (Lipinski definition) is 4. The van der Waals surface area contributed by atoms with Crippen molar-refractivity contribution in [3.05, 3.63) is 54.1 Å². The van der Waals surface area contributed by atoms with E-state index in [1.807, 2.05) is 62.4 Å². The lowest BCUT2D eigenvalue weighted by Crippen LogP contribution is -2.33. The van der Waals surface area contributed by atoms with Crippen LogP contribution in [0.15, 0.2) is 48.5 Å². The van der Waals surface area contributed by atoms with E-state index in [2.05, 4.69) is 4.98 Å². The van der Waals surface area contributed by atoms with Gasteiger partial charge in [0.15, 0.2) is 5.13 Å². The van der Waals surface area contributed by atoms with Gasteiger partial charge in [-0.25, -0.2) is 4.98 Å². The summed E-state index contributed by atoms with van der Waals surface area (Å²) >= 11 is 1.51. The van der Waals surface area contributed by atoms with Crippen molar-refractivity contribution in [2.45, 2.75) is 20.4 Å². The van der Waals surface area contributed by atoms with E-state index in [4.69, 9.17) is 4.74 Å². The van der Waals surface area contributed by atoms with Gasteiger partial charge in [0, 0.05) is 5.92 Å². The number of rotatable bonds is 5. The van der Waals surface area contributed by atoms with Gasteiger partial charge < -0.3 is 4.74 Å². The molecule has 0 fully saturated rings. The van der Waals surface area contributed by atoms with Gasteiger partial charge in [0.1, 0.15) is 5.75 Å². The number of nitrogens with zero attached hydrogens (tertiary/aromatic N) is 2. The summed E-state index contributed by atoms with van der Waals surface area (Å²) in [5.41, 5.74) is 1.97. The number of carbonyl (C=O) groups excluding carboxylic acids is 1. The fourth-order valence-corrected chi connectivity index (χ4v) is 3.45. The molecule has 1 aromatic heterocycles. The number of ether oxygens (including phenoxy) is 1. The molecule has 1 heterocycles. The van der Waals surface area contributed by atoms with Crippen LogP contribution in [-0.2, 0) is 11.3 Å². The normalized spacial score (nSPS) is 11.0. The van der Waals surface area contributed by atoms with E-state index in [1.165, 1.54) is 11.3 Å². The van der Waals surface area contributed by atoms with E-state index in [-0.39, 0.29) is 11.8 Å². The minimum absolute atomic E-state index is 0.0740. The Morgan fingerprint density at radius 3 is 2.62 bits per heavy atom. The molecule has 0 saturated heterocycles. The molecule has 4 nitrogen and oxygen atoms in total. The van der Waals surface area contributed by atoms with Crippen molar-refractivity contribution in [3.63, 3.8) is 0 Å². The van der Waals surface area contributed by atoms with Crippen LogP contribution < -0.4 is 9.64 Å². The first-order chi connectivity index (χ1) is 11.6. The van der Waals surface area contributed by atoms with Crippen LogP contribution in [0.5, 0.6) is 5.75 Å². The summed E-state index contributed by atoms with van der Waals surface area (Å²) < 4.78 is 6.28. The molecule has 0 bridgehead atoms. The third-order valence-electron chi connectivity index (χ3n) is 3.76. The molecule has 3 aromatic rings. The molecular formula is C19H20N2O2S. The molecule has 0 saturated carbocycles. The highest BCUT2D eigenvalue weighted by atomic mass is 32.1. The number of amides is 1. The van der Waals surface area contributed by atoms with E-state index < -0.39 is 0 Å².